The number of aromatic nitrogens is 2. The fourth-order valence-electron chi connectivity index (χ4n) is 2.60. The SMILES string of the molecule is CCOCc1nc(N)cc(NC2CCC(C)(C)CC2)n1. The monoisotopic (exact) mass is 278 g/mol. The van der Waals surface area contributed by atoms with Crippen molar-refractivity contribution in [1.82, 2.24) is 9.97 Å². The van der Waals surface area contributed by atoms with Gasteiger partial charge in [0.25, 0.3) is 0 Å². The third kappa shape index (κ3) is 4.34. The van der Waals surface area contributed by atoms with Gasteiger partial charge in [-0.05, 0) is 38.0 Å². The van der Waals surface area contributed by atoms with Crippen LogP contribution in [-0.2, 0) is 11.3 Å². The average Bonchev–Trinajstić information content (AvgIpc) is 2.38. The molecule has 3 N–H and O–H groups in total. The molecule has 1 heterocycles. The lowest BCUT2D eigenvalue weighted by molar-refractivity contribution is 0.128. The van der Waals surface area contributed by atoms with E-state index in [0.29, 0.717) is 36.3 Å². The summed E-state index contributed by atoms with van der Waals surface area (Å²) < 4.78 is 5.34. The van der Waals surface area contributed by atoms with Crippen LogP contribution in [0.25, 0.3) is 0 Å². The van der Waals surface area contributed by atoms with Gasteiger partial charge in [-0.15, -0.1) is 0 Å². The molecule has 0 bridgehead atoms. The predicted octanol–water partition coefficient (Wildman–Crippen LogP) is 2.98. The minimum atomic E-state index is 0.411. The summed E-state index contributed by atoms with van der Waals surface area (Å²) in [6, 6.07) is 2.28. The number of nitrogens with one attached hydrogen (secondary N) is 1. The second kappa shape index (κ2) is 6.39. The maximum atomic E-state index is 5.83. The molecule has 1 aliphatic rings. The van der Waals surface area contributed by atoms with Gasteiger partial charge in [0, 0.05) is 18.7 Å². The Morgan fingerprint density at radius 3 is 2.70 bits per heavy atom. The van der Waals surface area contributed by atoms with Crippen molar-refractivity contribution in [1.29, 1.82) is 0 Å². The fraction of sp³-hybridized carbons (Fsp3) is 0.733. The standard InChI is InChI=1S/C15H26N4O/c1-4-20-10-14-18-12(16)9-13(19-14)17-11-5-7-15(2,3)8-6-11/h9,11H,4-8,10H2,1-3H3,(H3,16,17,18,19). The van der Waals surface area contributed by atoms with Crippen molar-refractivity contribution in [3.05, 3.63) is 11.9 Å². The molecular weight excluding hydrogens is 252 g/mol. The van der Waals surface area contributed by atoms with Crippen molar-refractivity contribution in [3.8, 4) is 0 Å². The van der Waals surface area contributed by atoms with Crippen LogP contribution in [0.2, 0.25) is 0 Å². The van der Waals surface area contributed by atoms with Crippen molar-refractivity contribution < 1.29 is 4.74 Å². The summed E-state index contributed by atoms with van der Waals surface area (Å²) in [5.41, 5.74) is 6.31. The average molecular weight is 278 g/mol. The Labute approximate surface area is 121 Å². The molecule has 1 saturated carbocycles. The topological polar surface area (TPSA) is 73.1 Å². The van der Waals surface area contributed by atoms with Gasteiger partial charge in [-0.3, -0.25) is 0 Å². The van der Waals surface area contributed by atoms with E-state index in [1.807, 2.05) is 6.92 Å². The summed E-state index contributed by atoms with van der Waals surface area (Å²) in [4.78, 5) is 8.66. The zero-order valence-corrected chi connectivity index (χ0v) is 12.8. The number of hydrogen-bond donors (Lipinski definition) is 2. The van der Waals surface area contributed by atoms with Gasteiger partial charge in [0.1, 0.15) is 18.2 Å². The summed E-state index contributed by atoms with van der Waals surface area (Å²) in [6.07, 6.45) is 4.85. The van der Waals surface area contributed by atoms with Gasteiger partial charge in [0.15, 0.2) is 5.82 Å². The summed E-state index contributed by atoms with van der Waals surface area (Å²) >= 11 is 0. The lowest BCUT2D eigenvalue weighted by atomic mass is 9.75. The van der Waals surface area contributed by atoms with Crippen LogP contribution < -0.4 is 11.1 Å². The van der Waals surface area contributed by atoms with Crippen LogP contribution in [0, 0.1) is 5.41 Å². The lowest BCUT2D eigenvalue weighted by Crippen LogP contribution is -2.30. The molecule has 0 saturated heterocycles. The highest BCUT2D eigenvalue weighted by atomic mass is 16.5. The van der Waals surface area contributed by atoms with Crippen LogP contribution in [0.5, 0.6) is 0 Å². The molecule has 1 aromatic rings. The first kappa shape index (κ1) is 15.0. The van der Waals surface area contributed by atoms with Gasteiger partial charge < -0.3 is 15.8 Å². The predicted molar refractivity (Wildman–Crippen MR) is 81.4 cm³/mol. The van der Waals surface area contributed by atoms with E-state index < -0.39 is 0 Å². The largest absolute Gasteiger partial charge is 0.384 e. The van der Waals surface area contributed by atoms with E-state index in [0.717, 1.165) is 5.82 Å². The molecule has 5 nitrogen and oxygen atoms in total. The zero-order chi connectivity index (χ0) is 14.6. The Balaban J connectivity index is 1.97. The second-order valence-electron chi connectivity index (χ2n) is 6.31. The number of nitrogens with two attached hydrogens (primary N) is 1. The highest BCUT2D eigenvalue weighted by Crippen LogP contribution is 2.35. The van der Waals surface area contributed by atoms with Crippen LogP contribution in [0.15, 0.2) is 6.07 Å². The molecule has 5 heteroatoms. The molecule has 0 unspecified atom stereocenters. The van der Waals surface area contributed by atoms with Crippen molar-refractivity contribution in [3.63, 3.8) is 0 Å². The van der Waals surface area contributed by atoms with E-state index in [1.165, 1.54) is 25.7 Å². The number of anilines is 2. The van der Waals surface area contributed by atoms with Crippen LogP contribution >= 0.6 is 0 Å². The van der Waals surface area contributed by atoms with Crippen molar-refractivity contribution in [2.75, 3.05) is 17.7 Å². The van der Waals surface area contributed by atoms with Gasteiger partial charge >= 0.3 is 0 Å². The smallest absolute Gasteiger partial charge is 0.158 e. The number of nitrogen functional groups attached to an aromatic ring is 1. The summed E-state index contributed by atoms with van der Waals surface area (Å²) in [5.74, 6) is 1.95. The maximum absolute atomic E-state index is 5.83. The first-order valence-electron chi connectivity index (χ1n) is 7.46. The molecular formula is C15H26N4O. The molecule has 112 valence electrons. The molecule has 0 aliphatic heterocycles. The highest BCUT2D eigenvalue weighted by Gasteiger charge is 2.26. The van der Waals surface area contributed by atoms with Gasteiger partial charge in [-0.2, -0.15) is 0 Å². The van der Waals surface area contributed by atoms with Gasteiger partial charge in [-0.1, -0.05) is 13.8 Å². The first-order chi connectivity index (χ1) is 9.48. The number of hydrogen-bond acceptors (Lipinski definition) is 5. The van der Waals surface area contributed by atoms with Crippen LogP contribution in [0.1, 0.15) is 52.3 Å². The molecule has 0 aromatic carbocycles. The number of nitrogens with zero attached hydrogens (tertiary/aromatic N) is 2. The minimum Gasteiger partial charge on any atom is -0.384 e. The van der Waals surface area contributed by atoms with Gasteiger partial charge in [0.2, 0.25) is 0 Å². The summed E-state index contributed by atoms with van der Waals surface area (Å²) in [6.45, 7) is 7.69. The van der Waals surface area contributed by atoms with E-state index in [9.17, 15) is 0 Å². The van der Waals surface area contributed by atoms with Gasteiger partial charge in [0.05, 0.1) is 0 Å². The maximum Gasteiger partial charge on any atom is 0.158 e. The number of rotatable bonds is 5. The van der Waals surface area contributed by atoms with Gasteiger partial charge in [-0.25, -0.2) is 9.97 Å². The van der Waals surface area contributed by atoms with E-state index in [4.69, 9.17) is 10.5 Å². The van der Waals surface area contributed by atoms with E-state index in [2.05, 4.69) is 29.1 Å². The molecule has 0 atom stereocenters. The fourth-order valence-corrected chi connectivity index (χ4v) is 2.60. The Morgan fingerprint density at radius 1 is 1.35 bits per heavy atom. The normalized spacial score (nSPS) is 18.9. The molecule has 1 fully saturated rings. The molecule has 1 aromatic heterocycles. The third-order valence-corrected chi connectivity index (χ3v) is 3.92. The Kier molecular flexibility index (Phi) is 4.81. The van der Waals surface area contributed by atoms with Crippen molar-refractivity contribution >= 4 is 11.6 Å². The molecule has 0 amide bonds. The summed E-state index contributed by atoms with van der Waals surface area (Å²) in [7, 11) is 0. The van der Waals surface area contributed by atoms with Crippen LogP contribution in [0.4, 0.5) is 11.6 Å². The molecule has 20 heavy (non-hydrogen) atoms. The highest BCUT2D eigenvalue weighted by molar-refractivity contribution is 5.45. The lowest BCUT2D eigenvalue weighted by Gasteiger charge is -2.34. The van der Waals surface area contributed by atoms with Crippen LogP contribution in [-0.4, -0.2) is 22.6 Å². The first-order valence-corrected chi connectivity index (χ1v) is 7.46. The molecule has 2 rings (SSSR count). The van der Waals surface area contributed by atoms with Crippen LogP contribution in [0.3, 0.4) is 0 Å². The Hall–Kier alpha value is -1.36. The molecule has 0 spiro atoms. The Morgan fingerprint density at radius 2 is 2.05 bits per heavy atom. The second-order valence-corrected chi connectivity index (χ2v) is 6.31. The van der Waals surface area contributed by atoms with E-state index >= 15 is 0 Å². The molecule has 1 aliphatic carbocycles. The minimum absolute atomic E-state index is 0.411. The van der Waals surface area contributed by atoms with E-state index in [-0.39, 0.29) is 0 Å². The quantitative estimate of drug-likeness (QED) is 0.866. The third-order valence-electron chi connectivity index (χ3n) is 3.92. The van der Waals surface area contributed by atoms with Crippen molar-refractivity contribution in [2.24, 2.45) is 5.41 Å². The van der Waals surface area contributed by atoms with Crippen molar-refractivity contribution in [2.45, 2.75) is 59.1 Å². The number of ether oxygens (including phenoxy) is 1. The summed E-state index contributed by atoms with van der Waals surface area (Å²) in [5, 5.41) is 3.49. The molecule has 0 radical (unpaired) electrons. The van der Waals surface area contributed by atoms with E-state index in [1.54, 1.807) is 6.07 Å². The Bertz CT molecular complexity index is 437. The zero-order valence-electron chi connectivity index (χ0n) is 12.8.